The van der Waals surface area contributed by atoms with Gasteiger partial charge in [-0.15, -0.1) is 0 Å². The smallest absolute Gasteiger partial charge is 0.268 e. The van der Waals surface area contributed by atoms with Crippen LogP contribution >= 0.6 is 11.5 Å². The van der Waals surface area contributed by atoms with Crippen LogP contribution in [0.3, 0.4) is 0 Å². The number of piperidine rings is 1. The molecule has 3 rings (SSSR count). The second kappa shape index (κ2) is 4.86. The highest BCUT2D eigenvalue weighted by molar-refractivity contribution is 7.13. The standard InChI is InChI=1S/C14H18N2OS/c1-10(11-6-8-15-9-7-11)16-14(17)12-4-2-3-5-13(12)18-16/h2-5,10-11,15H,6-9H2,1H3. The van der Waals surface area contributed by atoms with E-state index in [1.807, 2.05) is 28.2 Å². The molecule has 1 saturated heterocycles. The molecule has 1 fully saturated rings. The number of nitrogens with one attached hydrogen (secondary N) is 1. The number of rotatable bonds is 2. The van der Waals surface area contributed by atoms with Crippen molar-refractivity contribution >= 4 is 21.6 Å². The summed E-state index contributed by atoms with van der Waals surface area (Å²) in [6.07, 6.45) is 2.34. The van der Waals surface area contributed by atoms with Crippen LogP contribution in [0.5, 0.6) is 0 Å². The number of aromatic nitrogens is 1. The lowest BCUT2D eigenvalue weighted by atomic mass is 9.91. The van der Waals surface area contributed by atoms with Gasteiger partial charge in [-0.1, -0.05) is 23.7 Å². The van der Waals surface area contributed by atoms with Crippen molar-refractivity contribution in [3.05, 3.63) is 34.6 Å². The number of nitrogens with zero attached hydrogens (tertiary/aromatic N) is 1. The molecular formula is C14H18N2OS. The summed E-state index contributed by atoms with van der Waals surface area (Å²) in [4.78, 5) is 12.4. The molecule has 18 heavy (non-hydrogen) atoms. The van der Waals surface area contributed by atoms with Gasteiger partial charge in [0.2, 0.25) is 0 Å². The minimum atomic E-state index is 0.182. The molecule has 1 aliphatic rings. The van der Waals surface area contributed by atoms with Crippen LogP contribution in [0.4, 0.5) is 0 Å². The number of hydrogen-bond acceptors (Lipinski definition) is 3. The Morgan fingerprint density at radius 1 is 1.33 bits per heavy atom. The molecule has 1 unspecified atom stereocenters. The third-order valence-corrected chi connectivity index (χ3v) is 5.20. The van der Waals surface area contributed by atoms with Gasteiger partial charge in [0, 0.05) is 6.04 Å². The van der Waals surface area contributed by atoms with E-state index in [9.17, 15) is 4.79 Å². The fourth-order valence-electron chi connectivity index (χ4n) is 2.78. The summed E-state index contributed by atoms with van der Waals surface area (Å²) in [7, 11) is 0. The van der Waals surface area contributed by atoms with E-state index < -0.39 is 0 Å². The monoisotopic (exact) mass is 262 g/mol. The predicted octanol–water partition coefficient (Wildman–Crippen LogP) is 2.62. The first-order chi connectivity index (χ1) is 8.77. The van der Waals surface area contributed by atoms with Crippen LogP contribution in [-0.2, 0) is 0 Å². The Bertz CT molecular complexity index is 595. The van der Waals surface area contributed by atoms with Crippen molar-refractivity contribution in [1.82, 2.24) is 9.27 Å². The average molecular weight is 262 g/mol. The minimum absolute atomic E-state index is 0.182. The normalized spacial score (nSPS) is 19.2. The third-order valence-electron chi connectivity index (χ3n) is 3.95. The Labute approximate surface area is 111 Å². The highest BCUT2D eigenvalue weighted by Crippen LogP contribution is 2.28. The fourth-order valence-corrected chi connectivity index (χ4v) is 3.90. The van der Waals surface area contributed by atoms with Gasteiger partial charge in [-0.2, -0.15) is 0 Å². The second-order valence-electron chi connectivity index (χ2n) is 5.05. The van der Waals surface area contributed by atoms with Crippen molar-refractivity contribution in [3.8, 4) is 0 Å². The maximum Gasteiger partial charge on any atom is 0.268 e. The molecule has 1 atom stereocenters. The van der Waals surface area contributed by atoms with E-state index in [1.54, 1.807) is 11.5 Å². The molecule has 0 saturated carbocycles. The summed E-state index contributed by atoms with van der Waals surface area (Å²) in [5.41, 5.74) is 0.182. The van der Waals surface area contributed by atoms with E-state index in [-0.39, 0.29) is 5.56 Å². The molecule has 1 N–H and O–H groups in total. The maximum absolute atomic E-state index is 12.4. The Balaban J connectivity index is 1.98. The van der Waals surface area contributed by atoms with E-state index >= 15 is 0 Å². The van der Waals surface area contributed by atoms with Crippen molar-refractivity contribution < 1.29 is 0 Å². The Kier molecular flexibility index (Phi) is 3.22. The topological polar surface area (TPSA) is 34.0 Å². The lowest BCUT2D eigenvalue weighted by molar-refractivity contribution is 0.283. The molecule has 0 amide bonds. The van der Waals surface area contributed by atoms with Crippen LogP contribution in [0.1, 0.15) is 25.8 Å². The number of hydrogen-bond donors (Lipinski definition) is 1. The van der Waals surface area contributed by atoms with Gasteiger partial charge in [0.1, 0.15) is 0 Å². The first kappa shape index (κ1) is 11.9. The molecule has 4 heteroatoms. The summed E-state index contributed by atoms with van der Waals surface area (Å²) in [5.74, 6) is 0.622. The highest BCUT2D eigenvalue weighted by atomic mass is 32.1. The molecule has 0 bridgehead atoms. The van der Waals surface area contributed by atoms with Crippen molar-refractivity contribution in [1.29, 1.82) is 0 Å². The quantitative estimate of drug-likeness (QED) is 0.902. The highest BCUT2D eigenvalue weighted by Gasteiger charge is 2.23. The molecule has 0 spiro atoms. The molecule has 0 radical (unpaired) electrons. The van der Waals surface area contributed by atoms with Gasteiger partial charge in [-0.3, -0.25) is 8.75 Å². The second-order valence-corrected chi connectivity index (χ2v) is 6.06. The molecule has 96 valence electrons. The SMILES string of the molecule is CC(C1CCNCC1)n1sc2ccccc2c1=O. The van der Waals surface area contributed by atoms with Crippen LogP contribution in [0, 0.1) is 5.92 Å². The lowest BCUT2D eigenvalue weighted by Crippen LogP contribution is -2.33. The van der Waals surface area contributed by atoms with Crippen molar-refractivity contribution in [2.24, 2.45) is 5.92 Å². The largest absolute Gasteiger partial charge is 0.317 e. The van der Waals surface area contributed by atoms with E-state index in [2.05, 4.69) is 12.2 Å². The average Bonchev–Trinajstić information content (AvgIpc) is 2.77. The Morgan fingerprint density at radius 2 is 2.06 bits per heavy atom. The first-order valence-electron chi connectivity index (χ1n) is 6.58. The molecule has 0 aliphatic carbocycles. The summed E-state index contributed by atoms with van der Waals surface area (Å²) >= 11 is 1.61. The van der Waals surface area contributed by atoms with E-state index in [4.69, 9.17) is 0 Å². The molecule has 1 aliphatic heterocycles. The van der Waals surface area contributed by atoms with Crippen molar-refractivity contribution in [2.45, 2.75) is 25.8 Å². The van der Waals surface area contributed by atoms with Gasteiger partial charge in [0.05, 0.1) is 10.1 Å². The van der Waals surface area contributed by atoms with Crippen LogP contribution < -0.4 is 10.9 Å². The van der Waals surface area contributed by atoms with Gasteiger partial charge in [-0.05, 0) is 50.9 Å². The van der Waals surface area contributed by atoms with Crippen LogP contribution in [-0.4, -0.2) is 17.0 Å². The van der Waals surface area contributed by atoms with Crippen molar-refractivity contribution in [2.75, 3.05) is 13.1 Å². The zero-order valence-electron chi connectivity index (χ0n) is 10.6. The van der Waals surface area contributed by atoms with E-state index in [0.29, 0.717) is 12.0 Å². The summed E-state index contributed by atoms with van der Waals surface area (Å²) in [6.45, 7) is 4.34. The lowest BCUT2D eigenvalue weighted by Gasteiger charge is -2.28. The predicted molar refractivity (Wildman–Crippen MR) is 76.4 cm³/mol. The molecule has 1 aromatic heterocycles. The molecular weight excluding hydrogens is 244 g/mol. The van der Waals surface area contributed by atoms with Crippen LogP contribution in [0.15, 0.2) is 29.1 Å². The summed E-state index contributed by atoms with van der Waals surface area (Å²) in [5, 5.41) is 4.24. The Morgan fingerprint density at radius 3 is 2.78 bits per heavy atom. The van der Waals surface area contributed by atoms with Gasteiger partial charge in [0.25, 0.3) is 5.56 Å². The van der Waals surface area contributed by atoms with Crippen molar-refractivity contribution in [3.63, 3.8) is 0 Å². The van der Waals surface area contributed by atoms with Crippen LogP contribution in [0.25, 0.3) is 10.1 Å². The number of fused-ring (bicyclic) bond motifs is 1. The molecule has 2 aromatic rings. The van der Waals surface area contributed by atoms with Gasteiger partial charge >= 0.3 is 0 Å². The van der Waals surface area contributed by atoms with Crippen LogP contribution in [0.2, 0.25) is 0 Å². The zero-order valence-corrected chi connectivity index (χ0v) is 11.4. The summed E-state index contributed by atoms with van der Waals surface area (Å²) in [6, 6.07) is 8.22. The Hall–Kier alpha value is -1.13. The third kappa shape index (κ3) is 1.99. The van der Waals surface area contributed by atoms with Gasteiger partial charge < -0.3 is 5.32 Å². The first-order valence-corrected chi connectivity index (χ1v) is 7.36. The van der Waals surface area contributed by atoms with Gasteiger partial charge in [-0.25, -0.2) is 0 Å². The van der Waals surface area contributed by atoms with E-state index in [1.165, 1.54) is 12.8 Å². The zero-order chi connectivity index (χ0) is 12.5. The molecule has 1 aromatic carbocycles. The maximum atomic E-state index is 12.4. The fraction of sp³-hybridized carbons (Fsp3) is 0.500. The number of benzene rings is 1. The van der Waals surface area contributed by atoms with Gasteiger partial charge in [0.15, 0.2) is 0 Å². The van der Waals surface area contributed by atoms with E-state index in [0.717, 1.165) is 23.2 Å². The molecule has 3 nitrogen and oxygen atoms in total. The molecule has 2 heterocycles. The minimum Gasteiger partial charge on any atom is -0.317 e. The summed E-state index contributed by atoms with van der Waals surface area (Å²) < 4.78 is 3.07.